The summed E-state index contributed by atoms with van der Waals surface area (Å²) < 4.78 is 64.9. The molecule has 1 fully saturated rings. The lowest BCUT2D eigenvalue weighted by Gasteiger charge is -2.32. The fourth-order valence-corrected chi connectivity index (χ4v) is 4.27. The van der Waals surface area contributed by atoms with Crippen LogP contribution in [0, 0.1) is 11.8 Å². The van der Waals surface area contributed by atoms with Crippen molar-refractivity contribution in [1.82, 2.24) is 19.3 Å². The predicted molar refractivity (Wildman–Crippen MR) is 112 cm³/mol. The third-order valence-electron chi connectivity index (χ3n) is 5.11. The molecule has 0 radical (unpaired) electrons. The van der Waals surface area contributed by atoms with Crippen LogP contribution in [0.5, 0.6) is 0 Å². The fraction of sp³-hybridized carbons (Fsp3) is 0.316. The van der Waals surface area contributed by atoms with Gasteiger partial charge in [-0.05, 0) is 6.07 Å². The van der Waals surface area contributed by atoms with E-state index in [1.54, 1.807) is 16.7 Å². The molecule has 0 aliphatic carbocycles. The van der Waals surface area contributed by atoms with E-state index in [2.05, 4.69) is 9.97 Å². The van der Waals surface area contributed by atoms with Crippen molar-refractivity contribution in [1.29, 1.82) is 0 Å². The number of pyridine rings is 2. The molecule has 0 bridgehead atoms. The van der Waals surface area contributed by atoms with Crippen LogP contribution >= 0.6 is 11.6 Å². The summed E-state index contributed by atoms with van der Waals surface area (Å²) in [6, 6.07) is 3.60. The molecular formula is C19H18ClF2N5O5S. The molecule has 33 heavy (non-hydrogen) atoms. The van der Waals surface area contributed by atoms with Crippen molar-refractivity contribution in [3.05, 3.63) is 46.9 Å². The smallest absolute Gasteiger partial charge is 0.409 e. The third-order valence-corrected chi connectivity index (χ3v) is 6.14. The van der Waals surface area contributed by atoms with Gasteiger partial charge in [-0.2, -0.15) is 4.39 Å². The molecule has 2 N–H and O–H groups in total. The van der Waals surface area contributed by atoms with Gasteiger partial charge in [0.25, 0.3) is 10.0 Å². The number of imidazole rings is 1. The highest BCUT2D eigenvalue weighted by molar-refractivity contribution is 7.89. The first-order chi connectivity index (χ1) is 15.6. The van der Waals surface area contributed by atoms with Crippen molar-refractivity contribution in [2.24, 2.45) is 5.14 Å². The summed E-state index contributed by atoms with van der Waals surface area (Å²) in [5.74, 6) is -2.60. The molecule has 176 valence electrons. The van der Waals surface area contributed by atoms with Crippen molar-refractivity contribution >= 4 is 33.4 Å². The quantitative estimate of drug-likeness (QED) is 0.541. The molecule has 1 aliphatic rings. The second-order valence-corrected chi connectivity index (χ2v) is 9.19. The average molecular weight is 502 g/mol. The van der Waals surface area contributed by atoms with E-state index in [0.717, 1.165) is 0 Å². The average Bonchev–Trinajstić information content (AvgIpc) is 3.09. The number of sulfonamides is 1. The Morgan fingerprint density at radius 2 is 2.12 bits per heavy atom. The number of amides is 1. The van der Waals surface area contributed by atoms with Gasteiger partial charge in [-0.3, -0.25) is 0 Å². The fourth-order valence-electron chi connectivity index (χ4n) is 3.64. The number of carbonyl (C=O) groups excluding carboxylic acids is 1. The molecule has 1 amide bonds. The molecule has 0 aromatic carbocycles. The van der Waals surface area contributed by atoms with E-state index in [1.165, 1.54) is 18.1 Å². The van der Waals surface area contributed by atoms with Crippen molar-refractivity contribution in [3.63, 3.8) is 0 Å². The molecule has 1 saturated heterocycles. The molecule has 3 aromatic rings. The lowest BCUT2D eigenvalue weighted by Crippen LogP contribution is -2.46. The number of hydrogen-bond donors (Lipinski definition) is 1. The largest absolute Gasteiger partial charge is 0.453 e. The number of primary sulfonamides is 1. The monoisotopic (exact) mass is 501 g/mol. The minimum absolute atomic E-state index is 0.112. The molecule has 1 atom stereocenters. The molecule has 4 heterocycles. The normalized spacial score (nSPS) is 16.9. The number of hydrogen-bond acceptors (Lipinski definition) is 7. The molecule has 4 rings (SSSR count). The molecule has 0 saturated carbocycles. The summed E-state index contributed by atoms with van der Waals surface area (Å²) in [6.07, 6.45) is 0.636. The lowest BCUT2D eigenvalue weighted by molar-refractivity contribution is -0.0241. The second kappa shape index (κ2) is 8.82. The summed E-state index contributed by atoms with van der Waals surface area (Å²) in [7, 11) is -3.16. The van der Waals surface area contributed by atoms with Crippen LogP contribution in [0.2, 0.25) is 5.02 Å². The van der Waals surface area contributed by atoms with E-state index in [4.69, 9.17) is 26.2 Å². The Morgan fingerprint density at radius 3 is 2.79 bits per heavy atom. The Kier molecular flexibility index (Phi) is 6.22. The zero-order valence-electron chi connectivity index (χ0n) is 17.2. The Hall–Kier alpha value is -2.87. The Bertz CT molecular complexity index is 1330. The van der Waals surface area contributed by atoms with E-state index in [0.29, 0.717) is 29.0 Å². The van der Waals surface area contributed by atoms with Crippen molar-refractivity contribution in [2.45, 2.75) is 17.6 Å². The van der Waals surface area contributed by atoms with Crippen LogP contribution in [0.25, 0.3) is 16.9 Å². The zero-order valence-corrected chi connectivity index (χ0v) is 18.7. The van der Waals surface area contributed by atoms with E-state index < -0.39 is 44.6 Å². The number of nitrogens with two attached hydrogens (primary N) is 1. The summed E-state index contributed by atoms with van der Waals surface area (Å²) >= 11 is 6.04. The van der Waals surface area contributed by atoms with Gasteiger partial charge < -0.3 is 18.8 Å². The van der Waals surface area contributed by atoms with Gasteiger partial charge in [-0.25, -0.2) is 32.7 Å². The second-order valence-electron chi connectivity index (χ2n) is 7.25. The molecule has 3 aromatic heterocycles. The molecule has 1 aliphatic heterocycles. The van der Waals surface area contributed by atoms with Crippen LogP contribution in [0.3, 0.4) is 0 Å². The van der Waals surface area contributed by atoms with Crippen LogP contribution in [-0.4, -0.2) is 66.7 Å². The summed E-state index contributed by atoms with van der Waals surface area (Å²) in [4.78, 5) is 21.0. The standard InChI is InChI=1S/C19H18ClF2N5O5S/c1-31-19(28)26-4-5-32-11(9-26)7-13-17(24-14-6-10(20)2-3-27(13)14)16-12(21)8-15(25-18(16)22)33(23,29)30/h2-3,6,8,11H,4-5,7,9H2,1H3,(H2,23,29,30)/t11-/m0/s1. The third kappa shape index (κ3) is 4.62. The Balaban J connectivity index is 1.82. The number of rotatable bonds is 4. The van der Waals surface area contributed by atoms with Crippen LogP contribution in [-0.2, 0) is 25.9 Å². The molecule has 0 unspecified atom stereocenters. The van der Waals surface area contributed by atoms with Crippen molar-refractivity contribution < 1.29 is 31.5 Å². The highest BCUT2D eigenvalue weighted by Gasteiger charge is 2.30. The number of ether oxygens (including phenoxy) is 2. The van der Waals surface area contributed by atoms with Gasteiger partial charge >= 0.3 is 6.09 Å². The van der Waals surface area contributed by atoms with Gasteiger partial charge in [0.05, 0.1) is 37.6 Å². The SMILES string of the molecule is COC(=O)N1CCO[C@@H](Cc2c(-c3c(F)cc(S(N)(=O)=O)nc3F)nc3cc(Cl)ccn23)C1. The lowest BCUT2D eigenvalue weighted by atomic mass is 10.1. The van der Waals surface area contributed by atoms with E-state index in [1.807, 2.05) is 0 Å². The number of fused-ring (bicyclic) bond motifs is 1. The maximum atomic E-state index is 14.9. The van der Waals surface area contributed by atoms with E-state index in [-0.39, 0.29) is 25.3 Å². The van der Waals surface area contributed by atoms with Gasteiger partial charge in [0.15, 0.2) is 5.03 Å². The van der Waals surface area contributed by atoms with Gasteiger partial charge in [0.1, 0.15) is 17.2 Å². The van der Waals surface area contributed by atoms with Gasteiger partial charge in [-0.1, -0.05) is 11.6 Å². The number of morpholine rings is 1. The van der Waals surface area contributed by atoms with Crippen molar-refractivity contribution in [3.8, 4) is 11.3 Å². The first kappa shape index (κ1) is 23.3. The highest BCUT2D eigenvalue weighted by atomic mass is 35.5. The number of carbonyl (C=O) groups is 1. The van der Waals surface area contributed by atoms with E-state index in [9.17, 15) is 22.0 Å². The highest BCUT2D eigenvalue weighted by Crippen LogP contribution is 2.32. The summed E-state index contributed by atoms with van der Waals surface area (Å²) in [5.41, 5.74) is -0.0961. The number of nitrogens with zero attached hydrogens (tertiary/aromatic N) is 4. The zero-order chi connectivity index (χ0) is 23.9. The molecule has 0 spiro atoms. The van der Waals surface area contributed by atoms with Gasteiger partial charge in [-0.15, -0.1) is 0 Å². The number of halogens is 3. The van der Waals surface area contributed by atoms with Crippen molar-refractivity contribution in [2.75, 3.05) is 26.8 Å². The van der Waals surface area contributed by atoms with Gasteiger partial charge in [0, 0.05) is 36.3 Å². The maximum Gasteiger partial charge on any atom is 0.409 e. The molecule has 14 heteroatoms. The first-order valence-corrected chi connectivity index (χ1v) is 11.5. The van der Waals surface area contributed by atoms with Crippen LogP contribution in [0.15, 0.2) is 29.4 Å². The predicted octanol–water partition coefficient (Wildman–Crippen LogP) is 1.98. The number of methoxy groups -OCH3 is 1. The van der Waals surface area contributed by atoms with Crippen LogP contribution < -0.4 is 5.14 Å². The topological polar surface area (TPSA) is 129 Å². The van der Waals surface area contributed by atoms with Gasteiger partial charge in [0.2, 0.25) is 5.95 Å². The number of aromatic nitrogens is 3. The Morgan fingerprint density at radius 1 is 1.36 bits per heavy atom. The minimum Gasteiger partial charge on any atom is -0.453 e. The summed E-state index contributed by atoms with van der Waals surface area (Å²) in [6.45, 7) is 0.756. The Labute approximate surface area is 191 Å². The molecule has 10 nitrogen and oxygen atoms in total. The van der Waals surface area contributed by atoms with E-state index >= 15 is 0 Å². The maximum absolute atomic E-state index is 14.9. The first-order valence-electron chi connectivity index (χ1n) is 9.58. The molecular weight excluding hydrogens is 484 g/mol. The van der Waals surface area contributed by atoms with Crippen LogP contribution in [0.4, 0.5) is 13.6 Å². The summed E-state index contributed by atoms with van der Waals surface area (Å²) in [5, 5.41) is 4.35. The minimum atomic E-state index is -4.43. The van der Waals surface area contributed by atoms with Crippen LogP contribution in [0.1, 0.15) is 5.69 Å².